The Kier molecular flexibility index (Phi) is 5.78. The van der Waals surface area contributed by atoms with Crippen molar-refractivity contribution in [3.63, 3.8) is 0 Å². The Hall–Kier alpha value is -1.72. The van der Waals surface area contributed by atoms with Crippen LogP contribution in [0.1, 0.15) is 62.5 Å². The second-order valence-electron chi connectivity index (χ2n) is 7.63. The average molecular weight is 368 g/mol. The van der Waals surface area contributed by atoms with Crippen molar-refractivity contribution in [1.82, 2.24) is 5.32 Å². The molecule has 1 heterocycles. The van der Waals surface area contributed by atoms with Crippen LogP contribution in [0.5, 0.6) is 0 Å². The third-order valence-corrected chi connectivity index (χ3v) is 5.78. The zero-order valence-electron chi connectivity index (χ0n) is 15.2. The summed E-state index contributed by atoms with van der Waals surface area (Å²) in [5.74, 6) is 0.930. The summed E-state index contributed by atoms with van der Waals surface area (Å²) >= 11 is 0. The number of halogens is 3. The molecule has 144 valence electrons. The van der Waals surface area contributed by atoms with Gasteiger partial charge in [0.2, 0.25) is 5.91 Å². The lowest BCUT2D eigenvalue weighted by Gasteiger charge is -2.41. The second kappa shape index (κ2) is 7.89. The first-order valence-corrected chi connectivity index (χ1v) is 9.60. The lowest BCUT2D eigenvalue weighted by molar-refractivity contribution is -0.137. The zero-order chi connectivity index (χ0) is 18.7. The van der Waals surface area contributed by atoms with Crippen molar-refractivity contribution in [1.29, 1.82) is 0 Å². The van der Waals surface area contributed by atoms with Crippen LogP contribution >= 0.6 is 0 Å². The number of carbonyl (C=O) groups excluding carboxylic acids is 1. The van der Waals surface area contributed by atoms with E-state index in [1.165, 1.54) is 6.07 Å². The highest BCUT2D eigenvalue weighted by molar-refractivity contribution is 5.75. The van der Waals surface area contributed by atoms with Crippen LogP contribution in [0.3, 0.4) is 0 Å². The second-order valence-corrected chi connectivity index (χ2v) is 7.63. The van der Waals surface area contributed by atoms with Crippen LogP contribution in [0, 0.1) is 11.8 Å². The minimum Gasteiger partial charge on any atom is -0.385 e. The fraction of sp³-hybridized carbons (Fsp3) is 0.650. The first-order chi connectivity index (χ1) is 12.4. The number of rotatable bonds is 5. The average Bonchev–Trinajstić information content (AvgIpc) is 2.63. The predicted octanol–water partition coefficient (Wildman–Crippen LogP) is 4.94. The molecule has 26 heavy (non-hydrogen) atoms. The minimum absolute atomic E-state index is 0.0824. The molecule has 0 spiro atoms. The molecular formula is C20H27F3N2O. The molecule has 0 aromatic heterocycles. The number of hydrogen-bond donors (Lipinski definition) is 2. The highest BCUT2D eigenvalue weighted by atomic mass is 19.4. The third kappa shape index (κ3) is 4.33. The monoisotopic (exact) mass is 368 g/mol. The lowest BCUT2D eigenvalue weighted by Crippen LogP contribution is -2.37. The maximum Gasteiger partial charge on any atom is 0.416 e. The quantitative estimate of drug-likeness (QED) is 0.773. The van der Waals surface area contributed by atoms with Gasteiger partial charge in [-0.25, -0.2) is 0 Å². The summed E-state index contributed by atoms with van der Waals surface area (Å²) in [7, 11) is 0. The Morgan fingerprint density at radius 3 is 2.85 bits per heavy atom. The molecule has 1 aliphatic carbocycles. The summed E-state index contributed by atoms with van der Waals surface area (Å²) in [6.45, 7) is 3.50. The maximum absolute atomic E-state index is 13.1. The van der Waals surface area contributed by atoms with E-state index in [1.54, 1.807) is 6.07 Å². The molecule has 0 radical (unpaired) electrons. The van der Waals surface area contributed by atoms with Gasteiger partial charge in [0, 0.05) is 25.2 Å². The van der Waals surface area contributed by atoms with Gasteiger partial charge in [0.05, 0.1) is 5.56 Å². The number of carbonyl (C=O) groups is 1. The summed E-state index contributed by atoms with van der Waals surface area (Å²) in [5.41, 5.74) is 1.04. The Labute approximate surface area is 152 Å². The molecule has 3 atom stereocenters. The lowest BCUT2D eigenvalue weighted by atomic mass is 9.69. The standard InChI is InChI=1S/C20H27F3N2O/c1-2-3-4-19(26)25-11-13-5-6-14-12-24-18-8-7-15(20(21,22)23)10-17(18)16(14)9-13/h7-8,10,13-14,16,24H,2-6,9,11-12H2,1H3,(H,25,26). The Morgan fingerprint density at radius 2 is 2.12 bits per heavy atom. The largest absolute Gasteiger partial charge is 0.416 e. The van der Waals surface area contributed by atoms with E-state index in [1.807, 2.05) is 0 Å². The van der Waals surface area contributed by atoms with Gasteiger partial charge in [0.25, 0.3) is 0 Å². The van der Waals surface area contributed by atoms with E-state index in [2.05, 4.69) is 17.6 Å². The van der Waals surface area contributed by atoms with Gasteiger partial charge in [-0.05, 0) is 67.2 Å². The van der Waals surface area contributed by atoms with E-state index in [0.29, 0.717) is 24.8 Å². The van der Waals surface area contributed by atoms with Gasteiger partial charge in [0.15, 0.2) is 0 Å². The topological polar surface area (TPSA) is 41.1 Å². The van der Waals surface area contributed by atoms with E-state index < -0.39 is 11.7 Å². The van der Waals surface area contributed by atoms with Gasteiger partial charge in [-0.3, -0.25) is 4.79 Å². The molecule has 3 rings (SSSR count). The number of nitrogens with one attached hydrogen (secondary N) is 2. The fourth-order valence-electron chi connectivity index (χ4n) is 4.26. The number of amides is 1. The highest BCUT2D eigenvalue weighted by Crippen LogP contribution is 2.47. The first-order valence-electron chi connectivity index (χ1n) is 9.60. The highest BCUT2D eigenvalue weighted by Gasteiger charge is 2.38. The maximum atomic E-state index is 13.1. The minimum atomic E-state index is -4.32. The Morgan fingerprint density at radius 1 is 1.31 bits per heavy atom. The van der Waals surface area contributed by atoms with Gasteiger partial charge >= 0.3 is 6.18 Å². The van der Waals surface area contributed by atoms with Gasteiger partial charge in [-0.1, -0.05) is 13.3 Å². The molecule has 1 amide bonds. The van der Waals surface area contributed by atoms with Crippen molar-refractivity contribution < 1.29 is 18.0 Å². The molecule has 3 unspecified atom stereocenters. The summed E-state index contributed by atoms with van der Waals surface area (Å²) in [4.78, 5) is 11.8. The summed E-state index contributed by atoms with van der Waals surface area (Å²) in [5, 5.41) is 6.30. The molecule has 0 saturated heterocycles. The van der Waals surface area contributed by atoms with E-state index in [4.69, 9.17) is 0 Å². The van der Waals surface area contributed by atoms with Crippen LogP contribution in [0.25, 0.3) is 0 Å². The van der Waals surface area contributed by atoms with Crippen LogP contribution in [0.2, 0.25) is 0 Å². The molecule has 2 aliphatic rings. The molecule has 1 fully saturated rings. The molecule has 1 saturated carbocycles. The van der Waals surface area contributed by atoms with Crippen LogP contribution in [-0.2, 0) is 11.0 Å². The van der Waals surface area contributed by atoms with Crippen molar-refractivity contribution >= 4 is 11.6 Å². The van der Waals surface area contributed by atoms with E-state index in [-0.39, 0.29) is 11.8 Å². The van der Waals surface area contributed by atoms with Gasteiger partial charge in [0.1, 0.15) is 0 Å². The number of alkyl halides is 3. The van der Waals surface area contributed by atoms with Crippen LogP contribution in [0.4, 0.5) is 18.9 Å². The van der Waals surface area contributed by atoms with Crippen molar-refractivity contribution in [3.8, 4) is 0 Å². The fourth-order valence-corrected chi connectivity index (χ4v) is 4.26. The molecule has 1 aliphatic heterocycles. The molecule has 1 aromatic rings. The van der Waals surface area contributed by atoms with Crippen molar-refractivity contribution in [2.24, 2.45) is 11.8 Å². The number of unbranched alkanes of at least 4 members (excludes halogenated alkanes) is 1. The smallest absolute Gasteiger partial charge is 0.385 e. The summed E-state index contributed by atoms with van der Waals surface area (Å²) in [6, 6.07) is 4.03. The zero-order valence-corrected chi connectivity index (χ0v) is 15.2. The van der Waals surface area contributed by atoms with Crippen molar-refractivity contribution in [2.45, 2.75) is 57.5 Å². The van der Waals surface area contributed by atoms with Crippen molar-refractivity contribution in [2.75, 3.05) is 18.4 Å². The first kappa shape index (κ1) is 19.1. The molecule has 1 aromatic carbocycles. The molecule has 0 bridgehead atoms. The third-order valence-electron chi connectivity index (χ3n) is 5.78. The molecular weight excluding hydrogens is 341 g/mol. The number of hydrogen-bond acceptors (Lipinski definition) is 2. The van der Waals surface area contributed by atoms with E-state index in [0.717, 1.165) is 56.0 Å². The van der Waals surface area contributed by atoms with Crippen molar-refractivity contribution in [3.05, 3.63) is 29.3 Å². The van der Waals surface area contributed by atoms with Gasteiger partial charge in [-0.15, -0.1) is 0 Å². The Balaban J connectivity index is 1.68. The van der Waals surface area contributed by atoms with Crippen LogP contribution < -0.4 is 10.6 Å². The van der Waals surface area contributed by atoms with E-state index in [9.17, 15) is 18.0 Å². The molecule has 6 heteroatoms. The van der Waals surface area contributed by atoms with Gasteiger partial charge < -0.3 is 10.6 Å². The normalized spacial score (nSPS) is 25.0. The summed E-state index contributed by atoms with van der Waals surface area (Å²) < 4.78 is 39.3. The predicted molar refractivity (Wildman–Crippen MR) is 96.0 cm³/mol. The van der Waals surface area contributed by atoms with Crippen LogP contribution in [0.15, 0.2) is 18.2 Å². The van der Waals surface area contributed by atoms with Gasteiger partial charge in [-0.2, -0.15) is 13.2 Å². The number of benzene rings is 1. The van der Waals surface area contributed by atoms with E-state index >= 15 is 0 Å². The van der Waals surface area contributed by atoms with Crippen LogP contribution in [-0.4, -0.2) is 19.0 Å². The molecule has 3 nitrogen and oxygen atoms in total. The number of anilines is 1. The SMILES string of the molecule is CCCCC(=O)NCC1CCC2CNc3ccc(C(F)(F)F)cc3C2C1. The number of fused-ring (bicyclic) bond motifs is 3. The molecule has 2 N–H and O–H groups in total. The Bertz CT molecular complexity index is 644. The summed E-state index contributed by atoms with van der Waals surface area (Å²) in [6.07, 6.45) is 0.968.